The van der Waals surface area contributed by atoms with E-state index in [9.17, 15) is 18.4 Å². The van der Waals surface area contributed by atoms with Crippen LogP contribution in [0.15, 0.2) is 169 Å². The summed E-state index contributed by atoms with van der Waals surface area (Å²) in [6.07, 6.45) is 2.96. The van der Waals surface area contributed by atoms with Crippen molar-refractivity contribution in [1.29, 1.82) is 0 Å². The first-order valence-corrected chi connectivity index (χ1v) is 32.9. The van der Waals surface area contributed by atoms with Crippen molar-refractivity contribution < 1.29 is 55.6 Å². The Morgan fingerprint density at radius 3 is 1.13 bits per heavy atom. The van der Waals surface area contributed by atoms with Gasteiger partial charge in [0.05, 0.1) is 39.4 Å². The first kappa shape index (κ1) is 65.4. The number of benzene rings is 6. The van der Waals surface area contributed by atoms with Gasteiger partial charge in [0.25, 0.3) is 0 Å². The number of piperazine rings is 2. The monoisotopic (exact) mass is 1340 g/mol. The largest absolute Gasteiger partial charge is 0.488 e. The lowest BCUT2D eigenvalue weighted by Crippen LogP contribution is -2.46. The molecule has 98 heavy (non-hydrogen) atoms. The highest BCUT2D eigenvalue weighted by Crippen LogP contribution is 2.40. The predicted octanol–water partition coefficient (Wildman–Crippen LogP) is 9.88. The topological polar surface area (TPSA) is 202 Å². The molecule has 8 aromatic rings. The Balaban J connectivity index is 0.535. The molecule has 14 rings (SSSR count). The highest BCUT2D eigenvalue weighted by atomic mass is 19.1. The summed E-state index contributed by atoms with van der Waals surface area (Å²) >= 11 is 0. The van der Waals surface area contributed by atoms with Gasteiger partial charge in [0.1, 0.15) is 84.5 Å². The van der Waals surface area contributed by atoms with Crippen LogP contribution in [0.5, 0.6) is 11.5 Å². The van der Waals surface area contributed by atoms with Crippen molar-refractivity contribution in [2.75, 3.05) is 121 Å². The van der Waals surface area contributed by atoms with Crippen molar-refractivity contribution in [2.45, 2.75) is 89.0 Å². The zero-order valence-corrected chi connectivity index (χ0v) is 54.7. The molecule has 6 fully saturated rings. The van der Waals surface area contributed by atoms with E-state index >= 15 is 8.78 Å². The summed E-state index contributed by atoms with van der Waals surface area (Å²) in [4.78, 5) is 52.7. The molecule has 6 aliphatic heterocycles. The minimum Gasteiger partial charge on any atom is -0.488 e. The van der Waals surface area contributed by atoms with Gasteiger partial charge in [0.15, 0.2) is 24.9 Å². The van der Waals surface area contributed by atoms with Crippen LogP contribution in [-0.2, 0) is 43.2 Å². The maximum absolute atomic E-state index is 15.1. The lowest BCUT2D eigenvalue weighted by Gasteiger charge is -2.37. The number of carbonyl (C=O) groups is 2. The van der Waals surface area contributed by atoms with Gasteiger partial charge in [-0.05, 0) is 137 Å². The van der Waals surface area contributed by atoms with Crippen LogP contribution in [0.3, 0.4) is 0 Å². The number of halogens is 4. The number of azo groups is 1. The summed E-state index contributed by atoms with van der Waals surface area (Å²) in [5, 5.41) is 18.0. The maximum Gasteiger partial charge on any atom is 0.326 e. The van der Waals surface area contributed by atoms with Crippen molar-refractivity contribution in [3.8, 4) is 11.5 Å². The number of urea groups is 2. The summed E-state index contributed by atoms with van der Waals surface area (Å²) in [7, 11) is 0. The van der Waals surface area contributed by atoms with Crippen LogP contribution in [-0.4, -0.2) is 180 Å². The average molecular weight is 1350 g/mol. The minimum atomic E-state index is -1.27. The molecule has 2 aromatic heterocycles. The number of hydrogen-bond donors (Lipinski definition) is 0. The van der Waals surface area contributed by atoms with Crippen molar-refractivity contribution in [2.24, 2.45) is 10.2 Å². The minimum absolute atomic E-state index is 0.000509. The number of aromatic nitrogens is 6. The second-order valence-corrected chi connectivity index (χ2v) is 25.7. The second-order valence-electron chi connectivity index (χ2n) is 25.7. The van der Waals surface area contributed by atoms with Crippen LogP contribution in [0.1, 0.15) is 38.8 Å². The third-order valence-electron chi connectivity index (χ3n) is 18.8. The van der Waals surface area contributed by atoms with Crippen molar-refractivity contribution in [3.05, 3.63) is 193 Å². The van der Waals surface area contributed by atoms with Gasteiger partial charge in [-0.2, -0.15) is 20.4 Å². The van der Waals surface area contributed by atoms with E-state index < -0.39 is 59.4 Å². The standard InChI is InChI=1S/C70H76F4N16O8/c1-47(2)89-63(35-87(67(89)91)55-11-7-51(8-12-55)81-25-29-83(30-26-81)53-15-19-57(20-16-53)93-37-65-95-41-69(97-65,39-85-45-75-43-77-85)59-23-5-49(71)33-61(59)73)79-80-64-36-88(68(92)90(64)48(3)4)56-13-9-52(10-14-56)82-27-31-84(32-28-82)54-17-21-58(22-18-54)94-38-66-96-42-70(98-66,40-86-46-76-44-78-86)60-24-6-50(72)34-62(60)74/h5-24,33-34,43-48,63-66H,25-32,35-42H2,1-4H3/b80-79+/t63?,64?,65-,66-,69+,70+/m0/s1. The molecule has 2 unspecified atom stereocenters. The summed E-state index contributed by atoms with van der Waals surface area (Å²) in [6.45, 7) is 15.0. The molecule has 0 spiro atoms. The van der Waals surface area contributed by atoms with Gasteiger partial charge in [-0.1, -0.05) is 12.1 Å². The van der Waals surface area contributed by atoms with Crippen LogP contribution >= 0.6 is 0 Å². The second kappa shape index (κ2) is 27.9. The molecule has 24 nitrogen and oxygen atoms in total. The first-order chi connectivity index (χ1) is 47.5. The molecular weight excluding hydrogens is 1270 g/mol. The summed E-state index contributed by atoms with van der Waals surface area (Å²) < 4.78 is 97.7. The van der Waals surface area contributed by atoms with E-state index in [1.54, 1.807) is 19.6 Å². The van der Waals surface area contributed by atoms with Crippen molar-refractivity contribution >= 4 is 46.2 Å². The molecule has 0 saturated carbocycles. The van der Waals surface area contributed by atoms with Gasteiger partial charge in [-0.15, -0.1) is 0 Å². The number of nitrogens with zero attached hydrogens (tertiary/aromatic N) is 16. The Morgan fingerprint density at radius 1 is 0.480 bits per heavy atom. The molecule has 6 atom stereocenters. The highest BCUT2D eigenvalue weighted by Gasteiger charge is 2.48. The fourth-order valence-electron chi connectivity index (χ4n) is 13.8. The Morgan fingerprint density at radius 2 is 0.816 bits per heavy atom. The molecule has 6 aromatic carbocycles. The number of carbonyl (C=O) groups excluding carboxylic acids is 2. The third-order valence-corrected chi connectivity index (χ3v) is 18.8. The average Bonchev–Trinajstić information content (AvgIpc) is 1.59. The van der Waals surface area contributed by atoms with Gasteiger partial charge in [-0.3, -0.25) is 19.6 Å². The summed E-state index contributed by atoms with van der Waals surface area (Å²) in [6, 6.07) is 37.9. The molecule has 4 amide bonds. The first-order valence-electron chi connectivity index (χ1n) is 32.9. The van der Waals surface area contributed by atoms with Crippen LogP contribution in [0.2, 0.25) is 0 Å². The molecule has 8 heterocycles. The van der Waals surface area contributed by atoms with Gasteiger partial charge >= 0.3 is 12.1 Å². The van der Waals surface area contributed by atoms with E-state index in [1.807, 2.05) is 100 Å². The smallest absolute Gasteiger partial charge is 0.326 e. The number of hydrogen-bond acceptors (Lipinski definition) is 18. The van der Waals surface area contributed by atoms with Crippen molar-refractivity contribution in [3.63, 3.8) is 0 Å². The lowest BCUT2D eigenvalue weighted by molar-refractivity contribution is -0.117. The predicted molar refractivity (Wildman–Crippen MR) is 355 cm³/mol. The SMILES string of the molecule is CC(C)N1C(=O)N(c2ccc(N3CCN(c4ccc(OC[C@H]5OC[C@](Cn6cncn6)(c6ccc(F)cc6F)O5)cc4)CC3)cc2)CC1/N=N/C1CN(c2ccc(N3CCN(c4ccc(OC[C@H]5OC[C@](Cn6cncn6)(c6ccc(F)cc6F)O5)cc4)CC3)cc2)C(=O)N1C(C)C. The van der Waals surface area contributed by atoms with E-state index in [-0.39, 0.29) is 74.8 Å². The fourth-order valence-corrected chi connectivity index (χ4v) is 13.8. The molecule has 0 bridgehead atoms. The Hall–Kier alpha value is -9.90. The zero-order valence-electron chi connectivity index (χ0n) is 54.7. The van der Waals surface area contributed by atoms with Crippen LogP contribution in [0, 0.1) is 23.3 Å². The van der Waals surface area contributed by atoms with Gasteiger partial charge in [0, 0.05) is 122 Å². The zero-order chi connectivity index (χ0) is 67.7. The van der Waals surface area contributed by atoms with Gasteiger partial charge < -0.3 is 48.0 Å². The van der Waals surface area contributed by atoms with Gasteiger partial charge in [0.2, 0.25) is 0 Å². The van der Waals surface area contributed by atoms with E-state index in [0.717, 1.165) is 98.6 Å². The molecule has 0 N–H and O–H groups in total. The molecular formula is C70H76F4N16O8. The van der Waals surface area contributed by atoms with Crippen LogP contribution in [0.25, 0.3) is 0 Å². The molecule has 512 valence electrons. The van der Waals surface area contributed by atoms with Gasteiger partial charge in [-0.25, -0.2) is 46.5 Å². The number of ether oxygens (including phenoxy) is 6. The number of amides is 4. The quantitative estimate of drug-likeness (QED) is 0.0458. The normalized spacial score (nSPS) is 23.1. The van der Waals surface area contributed by atoms with Crippen LogP contribution in [0.4, 0.5) is 61.3 Å². The highest BCUT2D eigenvalue weighted by molar-refractivity contribution is 5.96. The number of rotatable bonds is 22. The molecule has 0 radical (unpaired) electrons. The Bertz CT molecular complexity index is 3810. The lowest BCUT2D eigenvalue weighted by atomic mass is 9.94. The third kappa shape index (κ3) is 13.7. The van der Waals surface area contributed by atoms with Crippen LogP contribution < -0.4 is 38.9 Å². The molecule has 6 aliphatic rings. The van der Waals surface area contributed by atoms with E-state index in [0.29, 0.717) is 24.6 Å². The Kier molecular flexibility index (Phi) is 18.6. The molecule has 6 saturated heterocycles. The van der Waals surface area contributed by atoms with E-state index in [4.69, 9.17) is 38.6 Å². The summed E-state index contributed by atoms with van der Waals surface area (Å²) in [5.74, 6) is -1.65. The Labute approximate surface area is 564 Å². The number of anilines is 6. The molecule has 0 aliphatic carbocycles. The maximum atomic E-state index is 15.1. The molecule has 28 heteroatoms. The fraction of sp³-hybridized carbons (Fsp3) is 0.400. The summed E-state index contributed by atoms with van der Waals surface area (Å²) in [5.41, 5.74) is 3.49. The van der Waals surface area contributed by atoms with E-state index in [1.165, 1.54) is 58.9 Å². The van der Waals surface area contributed by atoms with E-state index in [2.05, 4.69) is 64.0 Å². The van der Waals surface area contributed by atoms with Crippen molar-refractivity contribution in [1.82, 2.24) is 39.3 Å².